The first kappa shape index (κ1) is 13.6. The summed E-state index contributed by atoms with van der Waals surface area (Å²) >= 11 is 1.59. The fraction of sp³-hybridized carbons (Fsp3) is 0.438. The molecule has 0 spiro atoms. The molecular weight excluding hydrogens is 266 g/mol. The van der Waals surface area contributed by atoms with Crippen LogP contribution in [0, 0.1) is 0 Å². The van der Waals surface area contributed by atoms with Gasteiger partial charge in [0.25, 0.3) is 0 Å². The summed E-state index contributed by atoms with van der Waals surface area (Å²) in [7, 11) is 0. The monoisotopic (exact) mass is 287 g/mol. The molecule has 1 aliphatic carbocycles. The molecule has 0 aliphatic heterocycles. The van der Waals surface area contributed by atoms with Gasteiger partial charge < -0.3 is 11.5 Å². The van der Waals surface area contributed by atoms with E-state index in [1.807, 2.05) is 0 Å². The van der Waals surface area contributed by atoms with Gasteiger partial charge in [0, 0.05) is 16.8 Å². The lowest BCUT2D eigenvalue weighted by Crippen LogP contribution is -2.42. The first-order valence-electron chi connectivity index (χ1n) is 7.12. The number of hydrogen-bond acceptors (Lipinski definition) is 4. The molecule has 1 heterocycles. The zero-order valence-electron chi connectivity index (χ0n) is 12.0. The topological polar surface area (TPSA) is 64.9 Å². The first-order chi connectivity index (χ1) is 9.49. The Bertz CT molecular complexity index is 632. The lowest BCUT2D eigenvalue weighted by molar-refractivity contribution is 0.382. The molecule has 0 bridgehead atoms. The van der Waals surface area contributed by atoms with Crippen LogP contribution < -0.4 is 11.5 Å². The average Bonchev–Trinajstić information content (AvgIpc) is 2.78. The van der Waals surface area contributed by atoms with Crippen molar-refractivity contribution in [3.8, 4) is 0 Å². The highest BCUT2D eigenvalue weighted by molar-refractivity contribution is 7.15. The molecule has 4 N–H and O–H groups in total. The van der Waals surface area contributed by atoms with E-state index in [0.29, 0.717) is 11.0 Å². The Labute approximate surface area is 124 Å². The van der Waals surface area contributed by atoms with Crippen LogP contribution in [0.3, 0.4) is 0 Å². The minimum absolute atomic E-state index is 0.285. The second kappa shape index (κ2) is 4.86. The zero-order valence-corrected chi connectivity index (χ0v) is 12.8. The minimum Gasteiger partial charge on any atom is -0.375 e. The highest BCUT2D eigenvalue weighted by Crippen LogP contribution is 2.40. The van der Waals surface area contributed by atoms with Gasteiger partial charge in [-0.05, 0) is 29.9 Å². The van der Waals surface area contributed by atoms with E-state index in [9.17, 15) is 0 Å². The fourth-order valence-electron chi connectivity index (χ4n) is 3.14. The number of nitrogens with zero attached hydrogens (tertiary/aromatic N) is 1. The molecule has 0 saturated carbocycles. The molecule has 3 rings (SSSR count). The summed E-state index contributed by atoms with van der Waals surface area (Å²) < 4.78 is 0. The van der Waals surface area contributed by atoms with Gasteiger partial charge in [-0.1, -0.05) is 38.1 Å². The normalized spacial score (nSPS) is 22.0. The molecule has 20 heavy (non-hydrogen) atoms. The quantitative estimate of drug-likeness (QED) is 0.891. The predicted molar refractivity (Wildman–Crippen MR) is 84.9 cm³/mol. The van der Waals surface area contributed by atoms with Crippen LogP contribution in [0.2, 0.25) is 0 Å². The summed E-state index contributed by atoms with van der Waals surface area (Å²) in [6, 6.07) is 8.57. The van der Waals surface area contributed by atoms with E-state index in [2.05, 4.69) is 43.1 Å². The number of aryl methyl sites for hydroxylation is 1. The summed E-state index contributed by atoms with van der Waals surface area (Å²) in [4.78, 5) is 5.67. The van der Waals surface area contributed by atoms with Crippen molar-refractivity contribution in [3.63, 3.8) is 0 Å². The summed E-state index contributed by atoms with van der Waals surface area (Å²) in [6.45, 7) is 4.45. The predicted octanol–water partition coefficient (Wildman–Crippen LogP) is 3.19. The molecule has 0 amide bonds. The van der Waals surface area contributed by atoms with Gasteiger partial charge in [0.2, 0.25) is 0 Å². The lowest BCUT2D eigenvalue weighted by Gasteiger charge is -2.35. The molecule has 0 fully saturated rings. The van der Waals surface area contributed by atoms with Crippen LogP contribution in [0.4, 0.5) is 5.13 Å². The van der Waals surface area contributed by atoms with Gasteiger partial charge in [-0.15, -0.1) is 11.3 Å². The van der Waals surface area contributed by atoms with Gasteiger partial charge in [0.05, 0.1) is 5.69 Å². The Morgan fingerprint density at radius 1 is 1.30 bits per heavy atom. The number of nitrogen functional groups attached to an aromatic ring is 1. The van der Waals surface area contributed by atoms with Crippen molar-refractivity contribution < 1.29 is 0 Å². The molecule has 1 aliphatic rings. The molecular formula is C16H21N3S. The van der Waals surface area contributed by atoms with Crippen molar-refractivity contribution in [3.05, 3.63) is 46.0 Å². The van der Waals surface area contributed by atoms with Crippen LogP contribution in [0.5, 0.6) is 0 Å². The average molecular weight is 287 g/mol. The number of thiazole rings is 1. The second-order valence-corrected chi connectivity index (χ2v) is 7.11. The van der Waals surface area contributed by atoms with Crippen molar-refractivity contribution in [1.82, 2.24) is 4.98 Å². The van der Waals surface area contributed by atoms with Gasteiger partial charge in [0.15, 0.2) is 5.13 Å². The molecule has 1 aromatic carbocycles. The SMILES string of the molecule is CC(C)c1ccccc1C1(N)CCc2nc(N)sc2C1. The van der Waals surface area contributed by atoms with Crippen molar-refractivity contribution in [2.45, 2.75) is 44.6 Å². The Balaban J connectivity index is 2.02. The Hall–Kier alpha value is -1.39. The second-order valence-electron chi connectivity index (χ2n) is 6.00. The van der Waals surface area contributed by atoms with Gasteiger partial charge in [-0.3, -0.25) is 0 Å². The molecule has 0 saturated heterocycles. The van der Waals surface area contributed by atoms with Crippen LogP contribution in [-0.2, 0) is 18.4 Å². The van der Waals surface area contributed by atoms with Crippen LogP contribution in [0.1, 0.15) is 47.9 Å². The van der Waals surface area contributed by atoms with E-state index in [0.717, 1.165) is 25.0 Å². The number of benzene rings is 1. The number of aromatic nitrogens is 1. The molecule has 2 aromatic rings. The summed E-state index contributed by atoms with van der Waals surface area (Å²) in [6.07, 6.45) is 2.71. The fourth-order valence-corrected chi connectivity index (χ4v) is 4.14. The summed E-state index contributed by atoms with van der Waals surface area (Å²) in [5, 5.41) is 0.663. The van der Waals surface area contributed by atoms with Crippen LogP contribution >= 0.6 is 11.3 Å². The molecule has 106 valence electrons. The summed E-state index contributed by atoms with van der Waals surface area (Å²) in [5.74, 6) is 0.486. The van der Waals surface area contributed by atoms with Gasteiger partial charge in [0.1, 0.15) is 0 Å². The Kier molecular flexibility index (Phi) is 3.30. The smallest absolute Gasteiger partial charge is 0.180 e. The van der Waals surface area contributed by atoms with Crippen molar-refractivity contribution >= 4 is 16.5 Å². The molecule has 1 atom stereocenters. The third kappa shape index (κ3) is 2.23. The molecule has 0 radical (unpaired) electrons. The van der Waals surface area contributed by atoms with Gasteiger partial charge in [-0.2, -0.15) is 0 Å². The lowest BCUT2D eigenvalue weighted by atomic mass is 9.75. The van der Waals surface area contributed by atoms with E-state index in [-0.39, 0.29) is 5.54 Å². The van der Waals surface area contributed by atoms with Crippen LogP contribution in [0.25, 0.3) is 0 Å². The van der Waals surface area contributed by atoms with E-state index in [4.69, 9.17) is 11.5 Å². The highest BCUT2D eigenvalue weighted by atomic mass is 32.1. The molecule has 1 aromatic heterocycles. The Morgan fingerprint density at radius 2 is 2.05 bits per heavy atom. The number of fused-ring (bicyclic) bond motifs is 1. The van der Waals surface area contributed by atoms with Gasteiger partial charge >= 0.3 is 0 Å². The maximum Gasteiger partial charge on any atom is 0.180 e. The summed E-state index contributed by atoms with van der Waals surface area (Å²) in [5.41, 5.74) is 16.1. The highest BCUT2D eigenvalue weighted by Gasteiger charge is 2.35. The van der Waals surface area contributed by atoms with E-state index in [1.165, 1.54) is 16.0 Å². The number of rotatable bonds is 2. The Morgan fingerprint density at radius 3 is 2.80 bits per heavy atom. The van der Waals surface area contributed by atoms with Crippen molar-refractivity contribution in [2.24, 2.45) is 5.73 Å². The van der Waals surface area contributed by atoms with E-state index < -0.39 is 0 Å². The largest absolute Gasteiger partial charge is 0.375 e. The molecule has 4 heteroatoms. The van der Waals surface area contributed by atoms with E-state index >= 15 is 0 Å². The third-order valence-electron chi connectivity index (χ3n) is 4.20. The first-order valence-corrected chi connectivity index (χ1v) is 7.93. The van der Waals surface area contributed by atoms with E-state index in [1.54, 1.807) is 11.3 Å². The van der Waals surface area contributed by atoms with Crippen molar-refractivity contribution in [2.75, 3.05) is 5.73 Å². The number of nitrogens with two attached hydrogens (primary N) is 2. The number of anilines is 1. The molecule has 3 nitrogen and oxygen atoms in total. The van der Waals surface area contributed by atoms with Crippen molar-refractivity contribution in [1.29, 1.82) is 0 Å². The zero-order chi connectivity index (χ0) is 14.3. The number of hydrogen-bond donors (Lipinski definition) is 2. The molecule has 1 unspecified atom stereocenters. The maximum absolute atomic E-state index is 6.78. The maximum atomic E-state index is 6.78. The standard InChI is InChI=1S/C16H21N3S/c1-10(2)11-5-3-4-6-12(11)16(18)8-7-13-14(9-16)20-15(17)19-13/h3-6,10H,7-9,18H2,1-2H3,(H2,17,19). The van der Waals surface area contributed by atoms with Gasteiger partial charge in [-0.25, -0.2) is 4.98 Å². The van der Waals surface area contributed by atoms with Crippen LogP contribution in [-0.4, -0.2) is 4.98 Å². The third-order valence-corrected chi connectivity index (χ3v) is 5.12. The minimum atomic E-state index is -0.285. The van der Waals surface area contributed by atoms with Crippen LogP contribution in [0.15, 0.2) is 24.3 Å².